The van der Waals surface area contributed by atoms with Crippen LogP contribution in [0.25, 0.3) is 0 Å². The van der Waals surface area contributed by atoms with Crippen molar-refractivity contribution in [2.45, 2.75) is 12.2 Å². The van der Waals surface area contributed by atoms with Crippen LogP contribution in [0.5, 0.6) is 0 Å². The predicted molar refractivity (Wildman–Crippen MR) is 67.2 cm³/mol. The van der Waals surface area contributed by atoms with Crippen LogP contribution < -0.4 is 5.73 Å². The summed E-state index contributed by atoms with van der Waals surface area (Å²) in [6.45, 7) is 0. The molecule has 1 aromatic carbocycles. The summed E-state index contributed by atoms with van der Waals surface area (Å²) in [6.07, 6.45) is -0.366. The quantitative estimate of drug-likeness (QED) is 0.918. The van der Waals surface area contributed by atoms with Crippen molar-refractivity contribution in [3.05, 3.63) is 58.1 Å². The lowest BCUT2D eigenvalue weighted by atomic mass is 9.96. The minimum absolute atomic E-state index is 0.00880. The number of aromatic nitrogens is 2. The molecule has 3 nitrogen and oxygen atoms in total. The number of halogens is 4. The zero-order valence-corrected chi connectivity index (χ0v) is 11.1. The minimum Gasteiger partial charge on any atom is -0.320 e. The first-order valence-electron chi connectivity index (χ1n) is 5.26. The Morgan fingerprint density at radius 3 is 2.37 bits per heavy atom. The maximum absolute atomic E-state index is 13.0. The molecule has 100 valence electrons. The topological polar surface area (TPSA) is 51.8 Å². The molecule has 1 heterocycles. The maximum atomic E-state index is 13.0. The molecule has 19 heavy (non-hydrogen) atoms. The summed E-state index contributed by atoms with van der Waals surface area (Å²) < 4.78 is 39.3. The molecular formula is C12H9BrF3N3. The standard InChI is InChI=1S/C12H9BrF3N3/c13-8-1-2-9(10(3-8)12(14,15)16)11(17)7-4-18-6-19-5-7/h1-6,11H,17H2. The normalized spacial score (nSPS) is 13.3. The lowest BCUT2D eigenvalue weighted by Crippen LogP contribution is -2.18. The molecule has 0 spiro atoms. The molecule has 2 aromatic rings. The van der Waals surface area contributed by atoms with Gasteiger partial charge in [0.05, 0.1) is 11.6 Å². The molecule has 1 unspecified atom stereocenters. The molecule has 0 radical (unpaired) electrons. The minimum atomic E-state index is -4.47. The van der Waals surface area contributed by atoms with Crippen molar-refractivity contribution in [2.75, 3.05) is 0 Å². The third kappa shape index (κ3) is 3.10. The summed E-state index contributed by atoms with van der Waals surface area (Å²) in [5.41, 5.74) is 5.52. The molecule has 0 aliphatic rings. The summed E-state index contributed by atoms with van der Waals surface area (Å²) in [4.78, 5) is 7.52. The zero-order valence-electron chi connectivity index (χ0n) is 9.53. The second-order valence-electron chi connectivity index (χ2n) is 3.88. The number of nitrogens with zero attached hydrogens (tertiary/aromatic N) is 2. The average Bonchev–Trinajstić information content (AvgIpc) is 2.38. The maximum Gasteiger partial charge on any atom is 0.416 e. The van der Waals surface area contributed by atoms with Crippen molar-refractivity contribution in [2.24, 2.45) is 5.73 Å². The molecule has 0 saturated carbocycles. The Labute approximate surface area is 115 Å². The van der Waals surface area contributed by atoms with Crippen LogP contribution >= 0.6 is 15.9 Å². The van der Waals surface area contributed by atoms with Gasteiger partial charge in [-0.05, 0) is 17.7 Å². The number of nitrogens with two attached hydrogens (primary N) is 1. The summed E-state index contributed by atoms with van der Waals surface area (Å²) >= 11 is 3.03. The van der Waals surface area contributed by atoms with Gasteiger partial charge in [-0.3, -0.25) is 0 Å². The van der Waals surface area contributed by atoms with E-state index in [0.717, 1.165) is 6.07 Å². The fourth-order valence-electron chi connectivity index (χ4n) is 1.70. The van der Waals surface area contributed by atoms with E-state index in [1.54, 1.807) is 0 Å². The van der Waals surface area contributed by atoms with E-state index in [-0.39, 0.29) is 5.56 Å². The Hall–Kier alpha value is -1.47. The van der Waals surface area contributed by atoms with Gasteiger partial charge in [-0.1, -0.05) is 22.0 Å². The van der Waals surface area contributed by atoms with Gasteiger partial charge in [0.25, 0.3) is 0 Å². The lowest BCUT2D eigenvalue weighted by molar-refractivity contribution is -0.138. The highest BCUT2D eigenvalue weighted by Crippen LogP contribution is 2.37. The van der Waals surface area contributed by atoms with E-state index in [9.17, 15) is 13.2 Å². The molecule has 2 N–H and O–H groups in total. The van der Waals surface area contributed by atoms with Gasteiger partial charge in [-0.15, -0.1) is 0 Å². The van der Waals surface area contributed by atoms with Crippen LogP contribution in [0.3, 0.4) is 0 Å². The molecule has 0 saturated heterocycles. The van der Waals surface area contributed by atoms with Crippen molar-refractivity contribution in [1.29, 1.82) is 0 Å². The van der Waals surface area contributed by atoms with Gasteiger partial charge in [0.2, 0.25) is 0 Å². The molecule has 2 rings (SSSR count). The fourth-order valence-corrected chi connectivity index (χ4v) is 2.06. The first kappa shape index (κ1) is 14.0. The third-order valence-electron chi connectivity index (χ3n) is 2.60. The molecule has 0 aliphatic heterocycles. The first-order chi connectivity index (χ1) is 8.89. The molecular weight excluding hydrogens is 323 g/mol. The highest BCUT2D eigenvalue weighted by molar-refractivity contribution is 9.10. The highest BCUT2D eigenvalue weighted by atomic mass is 79.9. The van der Waals surface area contributed by atoms with E-state index in [2.05, 4.69) is 25.9 Å². The monoisotopic (exact) mass is 331 g/mol. The summed E-state index contributed by atoms with van der Waals surface area (Å²) in [7, 11) is 0. The predicted octanol–water partition coefficient (Wildman–Crippen LogP) is 3.31. The largest absolute Gasteiger partial charge is 0.416 e. The van der Waals surface area contributed by atoms with Crippen molar-refractivity contribution >= 4 is 15.9 Å². The number of hydrogen-bond donors (Lipinski definition) is 1. The van der Waals surface area contributed by atoms with Crippen LogP contribution in [-0.4, -0.2) is 9.97 Å². The Morgan fingerprint density at radius 1 is 1.16 bits per heavy atom. The van der Waals surface area contributed by atoms with Crippen LogP contribution in [0.4, 0.5) is 13.2 Å². The third-order valence-corrected chi connectivity index (χ3v) is 3.09. The van der Waals surface area contributed by atoms with Crippen molar-refractivity contribution < 1.29 is 13.2 Å². The van der Waals surface area contributed by atoms with Crippen LogP contribution in [-0.2, 0) is 6.18 Å². The second-order valence-corrected chi connectivity index (χ2v) is 4.79. The summed E-state index contributed by atoms with van der Waals surface area (Å²) in [5, 5.41) is 0. The average molecular weight is 332 g/mol. The Balaban J connectivity index is 2.51. The highest BCUT2D eigenvalue weighted by Gasteiger charge is 2.35. The SMILES string of the molecule is NC(c1cncnc1)c1ccc(Br)cc1C(F)(F)F. The summed E-state index contributed by atoms with van der Waals surface area (Å²) in [5.74, 6) is 0. The Morgan fingerprint density at radius 2 is 1.79 bits per heavy atom. The van der Waals surface area contributed by atoms with Crippen LogP contribution in [0.1, 0.15) is 22.7 Å². The molecule has 0 amide bonds. The fraction of sp³-hybridized carbons (Fsp3) is 0.167. The van der Waals surface area contributed by atoms with E-state index in [1.165, 1.54) is 30.9 Å². The first-order valence-corrected chi connectivity index (χ1v) is 6.06. The lowest BCUT2D eigenvalue weighted by Gasteiger charge is -2.18. The van der Waals surface area contributed by atoms with E-state index < -0.39 is 17.8 Å². The van der Waals surface area contributed by atoms with Gasteiger partial charge < -0.3 is 5.73 Å². The van der Waals surface area contributed by atoms with E-state index in [1.807, 2.05) is 0 Å². The molecule has 0 fully saturated rings. The van der Waals surface area contributed by atoms with Gasteiger partial charge in [0.1, 0.15) is 6.33 Å². The van der Waals surface area contributed by atoms with E-state index in [0.29, 0.717) is 10.0 Å². The van der Waals surface area contributed by atoms with Gasteiger partial charge in [0, 0.05) is 22.4 Å². The summed E-state index contributed by atoms with van der Waals surface area (Å²) in [6, 6.07) is 2.96. The molecule has 1 atom stereocenters. The van der Waals surface area contributed by atoms with Crippen LogP contribution in [0.15, 0.2) is 41.4 Å². The van der Waals surface area contributed by atoms with E-state index >= 15 is 0 Å². The van der Waals surface area contributed by atoms with Gasteiger partial charge in [-0.25, -0.2) is 9.97 Å². The Bertz CT molecular complexity index is 572. The zero-order chi connectivity index (χ0) is 14.0. The van der Waals surface area contributed by atoms with Crippen molar-refractivity contribution in [1.82, 2.24) is 9.97 Å². The van der Waals surface area contributed by atoms with E-state index in [4.69, 9.17) is 5.73 Å². The van der Waals surface area contributed by atoms with Gasteiger partial charge in [-0.2, -0.15) is 13.2 Å². The molecule has 0 aliphatic carbocycles. The Kier molecular flexibility index (Phi) is 3.86. The van der Waals surface area contributed by atoms with Crippen LogP contribution in [0.2, 0.25) is 0 Å². The van der Waals surface area contributed by atoms with Crippen LogP contribution in [0, 0.1) is 0 Å². The van der Waals surface area contributed by atoms with Gasteiger partial charge >= 0.3 is 6.18 Å². The van der Waals surface area contributed by atoms with Gasteiger partial charge in [0.15, 0.2) is 0 Å². The van der Waals surface area contributed by atoms with Crippen molar-refractivity contribution in [3.8, 4) is 0 Å². The number of hydrogen-bond acceptors (Lipinski definition) is 3. The molecule has 0 bridgehead atoms. The molecule has 1 aromatic heterocycles. The number of benzene rings is 1. The van der Waals surface area contributed by atoms with Crippen molar-refractivity contribution in [3.63, 3.8) is 0 Å². The number of rotatable bonds is 2. The second kappa shape index (κ2) is 5.26. The molecule has 7 heteroatoms. The smallest absolute Gasteiger partial charge is 0.320 e. The number of alkyl halides is 3.